The first-order valence-corrected chi connectivity index (χ1v) is 25.7. The third-order valence-corrected chi connectivity index (χ3v) is 14.8. The molecule has 0 unspecified atom stereocenters. The molecular weight excluding hydrogens is 927 g/mol. The molecule has 76 heavy (non-hydrogen) atoms. The van der Waals surface area contributed by atoms with E-state index in [4.69, 9.17) is 15.0 Å². The highest BCUT2D eigenvalue weighted by Crippen LogP contribution is 2.57. The van der Waals surface area contributed by atoms with Crippen LogP contribution >= 0.6 is 0 Å². The molecular formula is C69H45N7. The van der Waals surface area contributed by atoms with Crippen LogP contribution in [0.1, 0.15) is 0 Å². The molecule has 0 bridgehead atoms. The van der Waals surface area contributed by atoms with E-state index in [9.17, 15) is 0 Å². The highest BCUT2D eigenvalue weighted by molar-refractivity contribution is 6.18. The molecule has 1 aliphatic rings. The summed E-state index contributed by atoms with van der Waals surface area (Å²) in [6.07, 6.45) is 0. The van der Waals surface area contributed by atoms with Gasteiger partial charge in [-0.1, -0.05) is 188 Å². The Hall–Kier alpha value is -10.4. The van der Waals surface area contributed by atoms with Gasteiger partial charge in [-0.15, -0.1) is 0 Å². The van der Waals surface area contributed by atoms with Gasteiger partial charge in [0.05, 0.1) is 44.8 Å². The maximum Gasteiger partial charge on any atom is 0.164 e. The van der Waals surface area contributed by atoms with Crippen LogP contribution in [0.25, 0.3) is 100 Å². The van der Waals surface area contributed by atoms with Crippen LogP contribution in [-0.4, -0.2) is 24.1 Å². The van der Waals surface area contributed by atoms with E-state index < -0.39 is 0 Å². The van der Waals surface area contributed by atoms with Crippen LogP contribution in [0.4, 0.5) is 34.1 Å². The highest BCUT2D eigenvalue weighted by atomic mass is 15.3. The third kappa shape index (κ3) is 7.09. The number of hydrogen-bond acceptors (Lipinski definition) is 5. The van der Waals surface area contributed by atoms with Gasteiger partial charge in [0.25, 0.3) is 0 Å². The molecule has 1 aliphatic heterocycles. The third-order valence-electron chi connectivity index (χ3n) is 14.8. The van der Waals surface area contributed by atoms with Crippen molar-refractivity contribution in [2.75, 3.05) is 9.80 Å². The summed E-state index contributed by atoms with van der Waals surface area (Å²) in [4.78, 5) is 20.2. The largest absolute Gasteiger partial charge is 0.309 e. The molecule has 11 aromatic carbocycles. The van der Waals surface area contributed by atoms with Crippen molar-refractivity contribution in [1.29, 1.82) is 0 Å². The fourth-order valence-corrected chi connectivity index (χ4v) is 11.4. The molecule has 0 N–H and O–H groups in total. The molecule has 0 spiro atoms. The predicted octanol–water partition coefficient (Wildman–Crippen LogP) is 18.0. The molecule has 0 aliphatic carbocycles. The SMILES string of the molecule is c1ccc(-c2cccc(-n3c4ccccc4c4cc5c(cc43)N(c3ccccc3)c3cc4c6ccccc6n(-c6cccc(-c7nc(-c8ccccc8)nc(-c8ccccc8)n7)c6)c4cc3N5c3ccccc3)c2)cc1. The van der Waals surface area contributed by atoms with Crippen molar-refractivity contribution in [3.8, 4) is 56.7 Å². The van der Waals surface area contributed by atoms with Crippen LogP contribution in [-0.2, 0) is 0 Å². The number of hydrogen-bond donors (Lipinski definition) is 0. The zero-order valence-electron chi connectivity index (χ0n) is 41.1. The minimum atomic E-state index is 0.606. The lowest BCUT2D eigenvalue weighted by atomic mass is 10.0. The van der Waals surface area contributed by atoms with E-state index in [-0.39, 0.29) is 0 Å². The molecule has 356 valence electrons. The molecule has 4 heterocycles. The highest BCUT2D eigenvalue weighted by Gasteiger charge is 2.34. The van der Waals surface area contributed by atoms with Gasteiger partial charge in [0.15, 0.2) is 17.5 Å². The van der Waals surface area contributed by atoms with Gasteiger partial charge in [-0.25, -0.2) is 15.0 Å². The molecule has 0 atom stereocenters. The second-order valence-electron chi connectivity index (χ2n) is 19.3. The van der Waals surface area contributed by atoms with Gasteiger partial charge < -0.3 is 18.9 Å². The Balaban J connectivity index is 0.972. The fraction of sp³-hybridized carbons (Fsp3) is 0. The van der Waals surface area contributed by atoms with E-state index in [2.05, 4.69) is 231 Å². The monoisotopic (exact) mass is 971 g/mol. The van der Waals surface area contributed by atoms with Crippen molar-refractivity contribution in [3.05, 3.63) is 273 Å². The summed E-state index contributed by atoms with van der Waals surface area (Å²) < 4.78 is 4.84. The molecule has 0 fully saturated rings. The predicted molar refractivity (Wildman–Crippen MR) is 313 cm³/mol. The van der Waals surface area contributed by atoms with Crippen molar-refractivity contribution in [3.63, 3.8) is 0 Å². The summed E-state index contributed by atoms with van der Waals surface area (Å²) in [6, 6.07) is 97.3. The lowest BCUT2D eigenvalue weighted by Crippen LogP contribution is -2.24. The number of fused-ring (bicyclic) bond motifs is 8. The number of para-hydroxylation sites is 4. The van der Waals surface area contributed by atoms with Crippen LogP contribution < -0.4 is 9.80 Å². The Morgan fingerprint density at radius 3 is 1.00 bits per heavy atom. The van der Waals surface area contributed by atoms with Gasteiger partial charge in [-0.05, 0) is 96.1 Å². The summed E-state index contributed by atoms with van der Waals surface area (Å²) >= 11 is 0. The Morgan fingerprint density at radius 1 is 0.211 bits per heavy atom. The van der Waals surface area contributed by atoms with E-state index in [1.165, 1.54) is 21.9 Å². The Bertz CT molecular complexity index is 4460. The van der Waals surface area contributed by atoms with Crippen LogP contribution in [0.2, 0.25) is 0 Å². The summed E-state index contributed by atoms with van der Waals surface area (Å²) in [6.45, 7) is 0. The second kappa shape index (κ2) is 17.7. The molecule has 3 aromatic heterocycles. The van der Waals surface area contributed by atoms with Gasteiger partial charge in [-0.2, -0.15) is 0 Å². The maximum atomic E-state index is 5.14. The van der Waals surface area contributed by atoms with Gasteiger partial charge >= 0.3 is 0 Å². The normalized spacial score (nSPS) is 12.2. The topological polar surface area (TPSA) is 55.0 Å². The van der Waals surface area contributed by atoms with Crippen LogP contribution in [0.5, 0.6) is 0 Å². The number of rotatable bonds is 8. The second-order valence-corrected chi connectivity index (χ2v) is 19.3. The Morgan fingerprint density at radius 2 is 0.539 bits per heavy atom. The molecule has 14 aromatic rings. The van der Waals surface area contributed by atoms with E-state index in [0.717, 1.165) is 95.0 Å². The Labute approximate surface area is 439 Å². The van der Waals surface area contributed by atoms with Crippen molar-refractivity contribution in [2.24, 2.45) is 0 Å². The van der Waals surface area contributed by atoms with E-state index in [1.54, 1.807) is 0 Å². The molecule has 15 rings (SSSR count). The standard InChI is InChI=1S/C69H45N7/c1-6-22-46(23-7-1)49-28-20-34-53(40-49)75-59-38-18-16-36-55(59)57-42-63-65(44-61(57)75)73(51-30-12-4-13-31-51)64-43-58-56-37-17-19-39-60(56)76(62(58)45-66(64)74(63)52-32-14-5-15-33-52)54-35-21-29-50(41-54)69-71-67(47-24-8-2-9-25-47)70-68(72-69)48-26-10-3-11-27-48/h1-45H. The van der Waals surface area contributed by atoms with Crippen molar-refractivity contribution in [2.45, 2.75) is 0 Å². The lowest BCUT2D eigenvalue weighted by Gasteiger charge is -2.40. The average Bonchev–Trinajstić information content (AvgIpc) is 4.02. The smallest absolute Gasteiger partial charge is 0.164 e. The summed E-state index contributed by atoms with van der Waals surface area (Å²) in [7, 11) is 0. The zero-order valence-corrected chi connectivity index (χ0v) is 41.1. The first kappa shape index (κ1) is 43.2. The van der Waals surface area contributed by atoms with Crippen LogP contribution in [0.3, 0.4) is 0 Å². The van der Waals surface area contributed by atoms with Crippen molar-refractivity contribution in [1.82, 2.24) is 24.1 Å². The average molecular weight is 972 g/mol. The van der Waals surface area contributed by atoms with E-state index >= 15 is 0 Å². The molecule has 7 heteroatoms. The lowest BCUT2D eigenvalue weighted by molar-refractivity contribution is 1.07. The fourth-order valence-electron chi connectivity index (χ4n) is 11.4. The van der Waals surface area contributed by atoms with E-state index in [1.807, 2.05) is 60.7 Å². The number of aromatic nitrogens is 5. The van der Waals surface area contributed by atoms with Crippen molar-refractivity contribution >= 4 is 77.7 Å². The van der Waals surface area contributed by atoms with Gasteiger partial charge in [0.1, 0.15) is 0 Å². The zero-order chi connectivity index (χ0) is 50.1. The number of benzene rings is 11. The first-order chi connectivity index (χ1) is 37.7. The van der Waals surface area contributed by atoms with Crippen LogP contribution in [0.15, 0.2) is 273 Å². The quantitative estimate of drug-likeness (QED) is 0.152. The first-order valence-electron chi connectivity index (χ1n) is 25.7. The summed E-state index contributed by atoms with van der Waals surface area (Å²) in [5.41, 5.74) is 18.1. The Kier molecular flexibility index (Phi) is 10.1. The minimum Gasteiger partial charge on any atom is -0.309 e. The number of nitrogens with zero attached hydrogens (tertiary/aromatic N) is 7. The molecule has 0 saturated carbocycles. The summed E-state index contributed by atoms with van der Waals surface area (Å²) in [5.74, 6) is 1.86. The molecule has 0 saturated heterocycles. The molecule has 0 radical (unpaired) electrons. The number of anilines is 6. The summed E-state index contributed by atoms with van der Waals surface area (Å²) in [5, 5.41) is 4.66. The molecule has 7 nitrogen and oxygen atoms in total. The van der Waals surface area contributed by atoms with Crippen molar-refractivity contribution < 1.29 is 0 Å². The van der Waals surface area contributed by atoms with E-state index in [0.29, 0.717) is 17.5 Å². The minimum absolute atomic E-state index is 0.606. The van der Waals surface area contributed by atoms with Gasteiger partial charge in [0.2, 0.25) is 0 Å². The van der Waals surface area contributed by atoms with Gasteiger partial charge in [-0.3, -0.25) is 0 Å². The maximum absolute atomic E-state index is 5.14. The molecule has 0 amide bonds. The van der Waals surface area contributed by atoms with Crippen LogP contribution in [0, 0.1) is 0 Å². The van der Waals surface area contributed by atoms with Gasteiger partial charge in [0, 0.05) is 61.0 Å².